The molecule has 0 radical (unpaired) electrons. The Balaban J connectivity index is 1.43. The molecule has 0 aliphatic heterocycles. The maximum Gasteiger partial charge on any atom is 0.172 e. The van der Waals surface area contributed by atoms with Crippen LogP contribution in [0.4, 0.5) is 5.82 Å². The minimum Gasteiger partial charge on any atom is -0.507 e. The summed E-state index contributed by atoms with van der Waals surface area (Å²) < 4.78 is 2.59. The van der Waals surface area contributed by atoms with E-state index in [2.05, 4.69) is 73.8 Å². The fourth-order valence-corrected chi connectivity index (χ4v) is 4.62. The molecular weight excluding hydrogens is 486 g/mol. The fraction of sp³-hybridized carbons (Fsp3) is 0.250. The Morgan fingerprint density at radius 2 is 1.94 bits per heavy atom. The first-order chi connectivity index (χ1) is 15.6. The molecule has 2 heterocycles. The maximum atomic E-state index is 10.3. The van der Waals surface area contributed by atoms with Crippen molar-refractivity contribution in [2.75, 3.05) is 31.7 Å². The van der Waals surface area contributed by atoms with Crippen LogP contribution in [0.25, 0.3) is 16.9 Å². The molecule has 0 saturated carbocycles. The van der Waals surface area contributed by atoms with Gasteiger partial charge in [-0.25, -0.2) is 4.98 Å². The number of thioether (sulfide) groups is 1. The summed E-state index contributed by atoms with van der Waals surface area (Å²) in [4.78, 5) is 8.36. The Kier molecular flexibility index (Phi) is 7.34. The number of halogens is 1. The Morgan fingerprint density at radius 1 is 1.16 bits per heavy atom. The van der Waals surface area contributed by atoms with Crippen LogP contribution < -0.4 is 5.32 Å². The summed E-state index contributed by atoms with van der Waals surface area (Å²) in [7, 11) is 2.16. The molecule has 0 aliphatic rings. The number of rotatable bonds is 9. The molecule has 4 aromatic rings. The smallest absolute Gasteiger partial charge is 0.172 e. The van der Waals surface area contributed by atoms with Gasteiger partial charge in [0.15, 0.2) is 5.65 Å². The van der Waals surface area contributed by atoms with Crippen LogP contribution in [-0.4, -0.2) is 51.0 Å². The van der Waals surface area contributed by atoms with E-state index in [1.165, 1.54) is 10.5 Å². The Bertz CT molecular complexity index is 1210. The lowest BCUT2D eigenvalue weighted by Gasteiger charge is -2.19. The highest BCUT2D eigenvalue weighted by Crippen LogP contribution is 2.31. The standard InChI is InChI=1S/C24H26BrN5OS/c1-29(16-17-8-3-6-11-22(17)32-2)13-7-12-26-23-14-20(18-9-4-5-10-21(18)31)28-24-19(25)15-27-30(23)24/h3-6,8-11,14-15,26,31H,7,12-13,16H2,1-2H3. The van der Waals surface area contributed by atoms with E-state index < -0.39 is 0 Å². The highest BCUT2D eigenvalue weighted by Gasteiger charge is 2.13. The number of hydrogen-bond acceptors (Lipinski definition) is 6. The summed E-state index contributed by atoms with van der Waals surface area (Å²) in [6.45, 7) is 2.70. The van der Waals surface area contributed by atoms with Gasteiger partial charge >= 0.3 is 0 Å². The lowest BCUT2D eigenvalue weighted by atomic mass is 10.1. The van der Waals surface area contributed by atoms with Crippen LogP contribution in [0.2, 0.25) is 0 Å². The number of nitrogens with zero attached hydrogens (tertiary/aromatic N) is 4. The minimum absolute atomic E-state index is 0.207. The molecule has 2 aromatic carbocycles. The molecule has 4 rings (SSSR count). The van der Waals surface area contributed by atoms with Crippen LogP contribution in [0.3, 0.4) is 0 Å². The van der Waals surface area contributed by atoms with Crippen molar-refractivity contribution in [1.29, 1.82) is 0 Å². The van der Waals surface area contributed by atoms with E-state index in [0.717, 1.165) is 36.3 Å². The van der Waals surface area contributed by atoms with Gasteiger partial charge in [-0.1, -0.05) is 30.3 Å². The lowest BCUT2D eigenvalue weighted by molar-refractivity contribution is 0.323. The van der Waals surface area contributed by atoms with E-state index in [1.54, 1.807) is 34.6 Å². The van der Waals surface area contributed by atoms with Gasteiger partial charge in [-0.15, -0.1) is 11.8 Å². The summed E-state index contributed by atoms with van der Waals surface area (Å²) >= 11 is 5.32. The molecule has 0 amide bonds. The van der Waals surface area contributed by atoms with Gasteiger partial charge < -0.3 is 15.3 Å². The van der Waals surface area contributed by atoms with Crippen molar-refractivity contribution >= 4 is 39.2 Å². The third-order valence-electron chi connectivity index (χ3n) is 5.26. The molecule has 0 saturated heterocycles. The van der Waals surface area contributed by atoms with E-state index in [-0.39, 0.29) is 5.75 Å². The van der Waals surface area contributed by atoms with Gasteiger partial charge in [-0.3, -0.25) is 0 Å². The number of benzene rings is 2. The Hall–Kier alpha value is -2.55. The second-order valence-electron chi connectivity index (χ2n) is 7.60. The zero-order chi connectivity index (χ0) is 22.5. The molecule has 0 unspecified atom stereocenters. The molecule has 0 atom stereocenters. The van der Waals surface area contributed by atoms with Gasteiger partial charge in [0.05, 0.1) is 16.4 Å². The Morgan fingerprint density at radius 3 is 2.75 bits per heavy atom. The highest BCUT2D eigenvalue weighted by atomic mass is 79.9. The number of aromatic nitrogens is 3. The number of anilines is 1. The van der Waals surface area contributed by atoms with Gasteiger partial charge in [-0.05, 0) is 66.0 Å². The van der Waals surface area contributed by atoms with Crippen LogP contribution >= 0.6 is 27.7 Å². The topological polar surface area (TPSA) is 65.7 Å². The van der Waals surface area contributed by atoms with Crippen LogP contribution in [0.15, 0.2) is 70.2 Å². The van der Waals surface area contributed by atoms with Crippen LogP contribution in [-0.2, 0) is 6.54 Å². The highest BCUT2D eigenvalue weighted by molar-refractivity contribution is 9.10. The van der Waals surface area contributed by atoms with Crippen molar-refractivity contribution in [3.8, 4) is 17.0 Å². The molecule has 2 aromatic heterocycles. The molecular formula is C24H26BrN5OS. The van der Waals surface area contributed by atoms with Gasteiger partial charge in [0.2, 0.25) is 0 Å². The summed E-state index contributed by atoms with van der Waals surface area (Å²) in [6, 6.07) is 17.7. The number of phenolic OH excluding ortho intramolecular Hbond substituents is 1. The van der Waals surface area contributed by atoms with Crippen molar-refractivity contribution in [2.24, 2.45) is 0 Å². The van der Waals surface area contributed by atoms with Crippen LogP contribution in [0.5, 0.6) is 5.75 Å². The number of aromatic hydroxyl groups is 1. The zero-order valence-corrected chi connectivity index (χ0v) is 20.5. The van der Waals surface area contributed by atoms with E-state index >= 15 is 0 Å². The van der Waals surface area contributed by atoms with Crippen molar-refractivity contribution in [1.82, 2.24) is 19.5 Å². The van der Waals surface area contributed by atoms with Crippen molar-refractivity contribution in [3.05, 3.63) is 70.8 Å². The molecule has 8 heteroatoms. The first-order valence-electron chi connectivity index (χ1n) is 10.4. The van der Waals surface area contributed by atoms with Gasteiger partial charge in [0.1, 0.15) is 11.6 Å². The monoisotopic (exact) mass is 511 g/mol. The second-order valence-corrected chi connectivity index (χ2v) is 9.30. The molecule has 0 aliphatic carbocycles. The van der Waals surface area contributed by atoms with Crippen molar-refractivity contribution < 1.29 is 5.11 Å². The number of para-hydroxylation sites is 1. The first kappa shape index (κ1) is 22.6. The molecule has 0 spiro atoms. The average molecular weight is 512 g/mol. The van der Waals surface area contributed by atoms with Crippen molar-refractivity contribution in [2.45, 2.75) is 17.9 Å². The number of hydrogen-bond donors (Lipinski definition) is 2. The molecule has 6 nitrogen and oxygen atoms in total. The van der Waals surface area contributed by atoms with E-state index in [4.69, 9.17) is 0 Å². The molecule has 0 bridgehead atoms. The molecule has 2 N–H and O–H groups in total. The molecule has 32 heavy (non-hydrogen) atoms. The summed E-state index contributed by atoms with van der Waals surface area (Å²) in [6.07, 6.45) is 4.84. The summed E-state index contributed by atoms with van der Waals surface area (Å²) in [5.41, 5.74) is 3.46. The lowest BCUT2D eigenvalue weighted by Crippen LogP contribution is -2.22. The third kappa shape index (κ3) is 5.09. The SMILES string of the molecule is CSc1ccccc1CN(C)CCCNc1cc(-c2ccccc2O)nc2c(Br)cnn12. The van der Waals surface area contributed by atoms with E-state index in [0.29, 0.717) is 16.9 Å². The first-order valence-corrected chi connectivity index (χ1v) is 12.5. The predicted molar refractivity (Wildman–Crippen MR) is 135 cm³/mol. The number of nitrogens with one attached hydrogen (secondary N) is 1. The summed E-state index contributed by atoms with van der Waals surface area (Å²) in [5.74, 6) is 1.05. The largest absolute Gasteiger partial charge is 0.507 e. The van der Waals surface area contributed by atoms with Gasteiger partial charge in [0, 0.05) is 29.6 Å². The Labute approximate surface area is 200 Å². The minimum atomic E-state index is 0.207. The molecule has 166 valence electrons. The van der Waals surface area contributed by atoms with Gasteiger partial charge in [0.25, 0.3) is 0 Å². The van der Waals surface area contributed by atoms with E-state index in [1.807, 2.05) is 18.2 Å². The molecule has 0 fully saturated rings. The quantitative estimate of drug-likeness (QED) is 0.228. The van der Waals surface area contributed by atoms with Crippen molar-refractivity contribution in [3.63, 3.8) is 0 Å². The van der Waals surface area contributed by atoms with E-state index in [9.17, 15) is 5.11 Å². The predicted octanol–water partition coefficient (Wildman–Crippen LogP) is 5.52. The number of fused-ring (bicyclic) bond motifs is 1. The fourth-order valence-electron chi connectivity index (χ4n) is 3.66. The third-order valence-corrected chi connectivity index (χ3v) is 6.66. The van der Waals surface area contributed by atoms with Gasteiger partial charge in [-0.2, -0.15) is 9.61 Å². The van der Waals surface area contributed by atoms with Crippen LogP contribution in [0.1, 0.15) is 12.0 Å². The summed E-state index contributed by atoms with van der Waals surface area (Å²) in [5, 5.41) is 18.2. The van der Waals surface area contributed by atoms with Crippen LogP contribution in [0, 0.1) is 0 Å². The average Bonchev–Trinajstić information content (AvgIpc) is 3.18. The second kappa shape index (κ2) is 10.4. The normalized spacial score (nSPS) is 11.4. The zero-order valence-electron chi connectivity index (χ0n) is 18.1. The maximum absolute atomic E-state index is 10.3. The number of phenols is 1.